The topological polar surface area (TPSA) is 44.8 Å². The van der Waals surface area contributed by atoms with Gasteiger partial charge in [0.2, 0.25) is 0 Å². The van der Waals surface area contributed by atoms with Crippen LogP contribution in [-0.4, -0.2) is 25.3 Å². The Balaban J connectivity index is 1.86. The Morgan fingerprint density at radius 2 is 1.43 bits per heavy atom. The monoisotopic (exact) mass is 412 g/mol. The molecule has 0 aliphatic rings. The Kier molecular flexibility index (Phi) is 10.4. The number of carbonyl (C=O) groups is 1. The van der Waals surface area contributed by atoms with Crippen molar-refractivity contribution in [3.63, 3.8) is 0 Å². The van der Waals surface area contributed by atoms with E-state index in [0.29, 0.717) is 6.61 Å². The molecule has 2 aromatic rings. The fraction of sp³-hybridized carbons (Fsp3) is 0.500. The Morgan fingerprint density at radius 1 is 0.833 bits per heavy atom. The largest absolute Gasteiger partial charge is 0.494 e. The molecule has 2 aromatic carbocycles. The first kappa shape index (κ1) is 23.9. The Labute approximate surface area is 181 Å². The zero-order valence-electron chi connectivity index (χ0n) is 18.9. The first-order valence-electron chi connectivity index (χ1n) is 11.2. The number of esters is 1. The second-order valence-corrected chi connectivity index (χ2v) is 7.59. The summed E-state index contributed by atoms with van der Waals surface area (Å²) >= 11 is 0. The fourth-order valence-electron chi connectivity index (χ4n) is 3.24. The molecule has 4 heteroatoms. The smallest absolute Gasteiger partial charge is 0.335 e. The lowest BCUT2D eigenvalue weighted by Gasteiger charge is -2.17. The number of ether oxygens (including phenoxy) is 3. The molecule has 2 rings (SSSR count). The molecule has 2 atom stereocenters. The highest BCUT2D eigenvalue weighted by Gasteiger charge is 2.18. The number of hydrogen-bond donors (Lipinski definition) is 0. The Morgan fingerprint density at radius 3 is 2.03 bits per heavy atom. The van der Waals surface area contributed by atoms with Crippen LogP contribution in [0.1, 0.15) is 71.5 Å². The first-order chi connectivity index (χ1) is 14.5. The summed E-state index contributed by atoms with van der Waals surface area (Å²) < 4.78 is 16.6. The molecule has 0 spiro atoms. The molecule has 0 aliphatic heterocycles. The zero-order chi connectivity index (χ0) is 21.8. The molecule has 0 heterocycles. The minimum absolute atomic E-state index is 0.317. The highest BCUT2D eigenvalue weighted by Crippen LogP contribution is 2.25. The van der Waals surface area contributed by atoms with Crippen LogP contribution in [0.15, 0.2) is 48.5 Å². The number of unbranched alkanes of at least 4 members (excludes halogenated alkanes) is 4. The van der Waals surface area contributed by atoms with Crippen LogP contribution in [0.3, 0.4) is 0 Å². The minimum Gasteiger partial charge on any atom is -0.494 e. The molecule has 0 radical (unpaired) electrons. The van der Waals surface area contributed by atoms with E-state index in [1.807, 2.05) is 38.1 Å². The standard InChI is InChI=1S/C26H36O4/c1-5-7-8-9-10-19-29-25-17-15-24(16-18-25)23-13-11-22(12-14-23)20(3)30-26(27)21(4)28-6-2/h11-18,20-21H,5-10,19H2,1-4H3. The average molecular weight is 413 g/mol. The van der Waals surface area contributed by atoms with Gasteiger partial charge in [0.15, 0.2) is 6.10 Å². The van der Waals surface area contributed by atoms with Crippen LogP contribution < -0.4 is 4.74 Å². The van der Waals surface area contributed by atoms with E-state index in [-0.39, 0.29) is 12.1 Å². The highest BCUT2D eigenvalue weighted by atomic mass is 16.6. The molecule has 0 aromatic heterocycles. The molecule has 0 saturated carbocycles. The van der Waals surface area contributed by atoms with Crippen LogP contribution in [0.5, 0.6) is 5.75 Å². The summed E-state index contributed by atoms with van der Waals surface area (Å²) in [6.45, 7) is 8.94. The van der Waals surface area contributed by atoms with Crippen molar-refractivity contribution >= 4 is 5.97 Å². The number of benzene rings is 2. The molecule has 164 valence electrons. The van der Waals surface area contributed by atoms with Crippen molar-refractivity contribution in [3.8, 4) is 16.9 Å². The summed E-state index contributed by atoms with van der Waals surface area (Å²) in [4.78, 5) is 12.0. The van der Waals surface area contributed by atoms with Gasteiger partial charge in [-0.3, -0.25) is 0 Å². The van der Waals surface area contributed by atoms with Gasteiger partial charge in [-0.05, 0) is 56.0 Å². The predicted octanol–water partition coefficient (Wildman–Crippen LogP) is 6.73. The molecular formula is C26H36O4. The van der Waals surface area contributed by atoms with Gasteiger partial charge < -0.3 is 14.2 Å². The van der Waals surface area contributed by atoms with Crippen molar-refractivity contribution in [2.45, 2.75) is 72.0 Å². The molecule has 4 nitrogen and oxygen atoms in total. The molecule has 0 amide bonds. The van der Waals surface area contributed by atoms with E-state index >= 15 is 0 Å². The third-order valence-corrected chi connectivity index (χ3v) is 5.13. The van der Waals surface area contributed by atoms with Crippen LogP contribution in [0.25, 0.3) is 11.1 Å². The summed E-state index contributed by atoms with van der Waals surface area (Å²) in [6.07, 6.45) is 5.34. The van der Waals surface area contributed by atoms with Crippen molar-refractivity contribution in [1.29, 1.82) is 0 Å². The summed E-state index contributed by atoms with van der Waals surface area (Å²) in [5, 5.41) is 0. The van der Waals surface area contributed by atoms with E-state index in [2.05, 4.69) is 31.2 Å². The quantitative estimate of drug-likeness (QED) is 0.270. The fourth-order valence-corrected chi connectivity index (χ4v) is 3.24. The van der Waals surface area contributed by atoms with Crippen LogP contribution in [0.2, 0.25) is 0 Å². The van der Waals surface area contributed by atoms with Gasteiger partial charge in [-0.1, -0.05) is 69.0 Å². The van der Waals surface area contributed by atoms with Gasteiger partial charge in [-0.2, -0.15) is 0 Å². The van der Waals surface area contributed by atoms with Crippen molar-refractivity contribution < 1.29 is 19.0 Å². The van der Waals surface area contributed by atoms with Gasteiger partial charge in [0, 0.05) is 6.61 Å². The molecule has 0 saturated heterocycles. The highest BCUT2D eigenvalue weighted by molar-refractivity contribution is 5.74. The van der Waals surface area contributed by atoms with E-state index in [1.165, 1.54) is 25.7 Å². The number of carbonyl (C=O) groups excluding carboxylic acids is 1. The van der Waals surface area contributed by atoms with Gasteiger partial charge >= 0.3 is 5.97 Å². The summed E-state index contributed by atoms with van der Waals surface area (Å²) in [5.41, 5.74) is 3.20. The second-order valence-electron chi connectivity index (χ2n) is 7.59. The maximum Gasteiger partial charge on any atom is 0.335 e. The van der Waals surface area contributed by atoms with Crippen molar-refractivity contribution in [2.75, 3.05) is 13.2 Å². The molecule has 0 fully saturated rings. The van der Waals surface area contributed by atoms with Crippen LogP contribution in [0, 0.1) is 0 Å². The zero-order valence-corrected chi connectivity index (χ0v) is 18.9. The van der Waals surface area contributed by atoms with Gasteiger partial charge in [0.05, 0.1) is 6.61 Å². The average Bonchev–Trinajstić information content (AvgIpc) is 2.77. The van der Waals surface area contributed by atoms with E-state index in [1.54, 1.807) is 6.92 Å². The second kappa shape index (κ2) is 13.1. The molecule has 2 unspecified atom stereocenters. The first-order valence-corrected chi connectivity index (χ1v) is 11.2. The van der Waals surface area contributed by atoms with E-state index in [9.17, 15) is 4.79 Å². The SMILES string of the molecule is CCCCCCCOc1ccc(-c2ccc(C(C)OC(=O)C(C)OCC)cc2)cc1. The third kappa shape index (κ3) is 7.83. The van der Waals surface area contributed by atoms with Gasteiger partial charge in [-0.15, -0.1) is 0 Å². The van der Waals surface area contributed by atoms with Gasteiger partial charge in [0.25, 0.3) is 0 Å². The predicted molar refractivity (Wildman–Crippen MR) is 122 cm³/mol. The maximum absolute atomic E-state index is 12.0. The summed E-state index contributed by atoms with van der Waals surface area (Å²) in [6, 6.07) is 16.3. The molecule has 30 heavy (non-hydrogen) atoms. The number of rotatable bonds is 13. The van der Waals surface area contributed by atoms with Crippen molar-refractivity contribution in [1.82, 2.24) is 0 Å². The molecule has 0 N–H and O–H groups in total. The van der Waals surface area contributed by atoms with E-state index in [4.69, 9.17) is 14.2 Å². The normalized spacial score (nSPS) is 12.9. The summed E-state index contributed by atoms with van der Waals surface area (Å²) in [5.74, 6) is 0.573. The van der Waals surface area contributed by atoms with Gasteiger partial charge in [0.1, 0.15) is 11.9 Å². The van der Waals surface area contributed by atoms with Crippen LogP contribution in [-0.2, 0) is 14.3 Å². The molecule has 0 aliphatic carbocycles. The Hall–Kier alpha value is -2.33. The van der Waals surface area contributed by atoms with E-state index in [0.717, 1.165) is 35.5 Å². The van der Waals surface area contributed by atoms with Crippen LogP contribution >= 0.6 is 0 Å². The lowest BCUT2D eigenvalue weighted by atomic mass is 10.0. The Bertz CT molecular complexity index is 737. The lowest BCUT2D eigenvalue weighted by Crippen LogP contribution is -2.24. The number of hydrogen-bond acceptors (Lipinski definition) is 4. The maximum atomic E-state index is 12.0. The summed E-state index contributed by atoms with van der Waals surface area (Å²) in [7, 11) is 0. The molecule has 0 bridgehead atoms. The minimum atomic E-state index is -0.547. The van der Waals surface area contributed by atoms with Crippen LogP contribution in [0.4, 0.5) is 0 Å². The van der Waals surface area contributed by atoms with E-state index < -0.39 is 6.10 Å². The third-order valence-electron chi connectivity index (χ3n) is 5.13. The van der Waals surface area contributed by atoms with Gasteiger partial charge in [-0.25, -0.2) is 4.79 Å². The van der Waals surface area contributed by atoms with Crippen molar-refractivity contribution in [2.24, 2.45) is 0 Å². The molecular weight excluding hydrogens is 376 g/mol. The van der Waals surface area contributed by atoms with Crippen molar-refractivity contribution in [3.05, 3.63) is 54.1 Å². The lowest BCUT2D eigenvalue weighted by molar-refractivity contribution is -0.160.